The van der Waals surface area contributed by atoms with Crippen LogP contribution in [-0.4, -0.2) is 40.0 Å². The minimum atomic E-state index is -5.54. The number of halogens is 6. The Kier molecular flexibility index (Phi) is 5.58. The lowest BCUT2D eigenvalue weighted by Crippen LogP contribution is -2.62. The second-order valence-electron chi connectivity index (χ2n) is 6.93. The first-order valence-electron chi connectivity index (χ1n) is 8.78. The van der Waals surface area contributed by atoms with Crippen LogP contribution in [0.3, 0.4) is 0 Å². The fourth-order valence-corrected chi connectivity index (χ4v) is 3.05. The van der Waals surface area contributed by atoms with Crippen LogP contribution in [0.2, 0.25) is 0 Å². The number of Topliss-reactive ketones (excluding diaryl/α,β-unsaturated/α-hetero) is 1. The lowest BCUT2D eigenvalue weighted by Gasteiger charge is -2.42. The van der Waals surface area contributed by atoms with Crippen molar-refractivity contribution in [1.82, 2.24) is 9.97 Å². The Bertz CT molecular complexity index is 1130. The predicted octanol–water partition coefficient (Wildman–Crippen LogP) is 3.72. The first kappa shape index (κ1) is 23.0. The van der Waals surface area contributed by atoms with Gasteiger partial charge in [-0.15, -0.1) is 0 Å². The molecular formula is C19H13F6N5O2. The molecule has 2 N–H and O–H groups in total. The fraction of sp³-hybridized carbons (Fsp3) is 0.316. The Morgan fingerprint density at radius 3 is 2.53 bits per heavy atom. The second-order valence-corrected chi connectivity index (χ2v) is 6.93. The second kappa shape index (κ2) is 7.77. The third-order valence-corrected chi connectivity index (χ3v) is 4.72. The SMILES string of the molecule is [C-]#[N+]c1ccc(C(=O)Cc2ccc(F)c([C@@]3(C)N=C(N)O[C@H](C(F)(F)F)C3(F)F)n2)nc1. The van der Waals surface area contributed by atoms with E-state index in [1.807, 2.05) is 0 Å². The molecule has 3 rings (SSSR count). The molecule has 13 heteroatoms. The molecule has 0 radical (unpaired) electrons. The van der Waals surface area contributed by atoms with Gasteiger partial charge in [0.05, 0.1) is 13.0 Å². The normalized spacial score (nSPS) is 22.4. The predicted molar refractivity (Wildman–Crippen MR) is 97.6 cm³/mol. The van der Waals surface area contributed by atoms with E-state index in [1.54, 1.807) is 0 Å². The molecule has 1 aliphatic rings. The smallest absolute Gasteiger partial charge is 0.431 e. The van der Waals surface area contributed by atoms with Crippen molar-refractivity contribution in [3.05, 3.63) is 64.8 Å². The number of pyridine rings is 2. The maximum Gasteiger partial charge on any atom is 0.431 e. The van der Waals surface area contributed by atoms with Gasteiger partial charge in [0, 0.05) is 11.9 Å². The van der Waals surface area contributed by atoms with Crippen LogP contribution in [-0.2, 0) is 16.7 Å². The van der Waals surface area contributed by atoms with Crippen LogP contribution in [0.1, 0.15) is 28.8 Å². The number of hydrogen-bond acceptors (Lipinski definition) is 6. The van der Waals surface area contributed by atoms with E-state index in [9.17, 15) is 31.1 Å². The van der Waals surface area contributed by atoms with Crippen molar-refractivity contribution >= 4 is 17.5 Å². The largest absolute Gasteiger partial charge is 0.446 e. The van der Waals surface area contributed by atoms with Crippen LogP contribution in [0.25, 0.3) is 4.85 Å². The Labute approximate surface area is 176 Å². The lowest BCUT2D eigenvalue weighted by molar-refractivity contribution is -0.288. The van der Waals surface area contributed by atoms with E-state index in [4.69, 9.17) is 12.3 Å². The van der Waals surface area contributed by atoms with Crippen LogP contribution < -0.4 is 5.73 Å². The summed E-state index contributed by atoms with van der Waals surface area (Å²) < 4.78 is 87.7. The van der Waals surface area contributed by atoms with Crippen molar-refractivity contribution in [3.63, 3.8) is 0 Å². The van der Waals surface area contributed by atoms with Crippen LogP contribution in [0, 0.1) is 12.4 Å². The highest BCUT2D eigenvalue weighted by Gasteiger charge is 2.70. The van der Waals surface area contributed by atoms with Gasteiger partial charge >= 0.3 is 12.1 Å². The number of rotatable bonds is 4. The summed E-state index contributed by atoms with van der Waals surface area (Å²) in [5.74, 6) is -6.81. The molecule has 0 saturated carbocycles. The van der Waals surface area contributed by atoms with Crippen LogP contribution in [0.15, 0.2) is 35.5 Å². The van der Waals surface area contributed by atoms with Gasteiger partial charge in [-0.3, -0.25) is 14.8 Å². The van der Waals surface area contributed by atoms with Gasteiger partial charge in [0.1, 0.15) is 17.2 Å². The summed E-state index contributed by atoms with van der Waals surface area (Å²) >= 11 is 0. The number of nitrogens with two attached hydrogens (primary N) is 1. The van der Waals surface area contributed by atoms with Crippen molar-refractivity contribution in [2.24, 2.45) is 10.7 Å². The van der Waals surface area contributed by atoms with Gasteiger partial charge < -0.3 is 10.5 Å². The molecule has 7 nitrogen and oxygen atoms in total. The van der Waals surface area contributed by atoms with E-state index in [2.05, 4.69) is 24.5 Å². The van der Waals surface area contributed by atoms with E-state index < -0.39 is 53.5 Å². The van der Waals surface area contributed by atoms with Crippen LogP contribution in [0.5, 0.6) is 0 Å². The summed E-state index contributed by atoms with van der Waals surface area (Å²) in [7, 11) is 0. The highest BCUT2D eigenvalue weighted by Crippen LogP contribution is 2.50. The highest BCUT2D eigenvalue weighted by molar-refractivity contribution is 5.95. The Morgan fingerprint density at radius 2 is 1.97 bits per heavy atom. The number of ketones is 1. The van der Waals surface area contributed by atoms with Gasteiger partial charge in [-0.1, -0.05) is 6.07 Å². The van der Waals surface area contributed by atoms with E-state index in [0.29, 0.717) is 13.0 Å². The van der Waals surface area contributed by atoms with Crippen molar-refractivity contribution in [3.8, 4) is 0 Å². The summed E-state index contributed by atoms with van der Waals surface area (Å²) in [6.45, 7) is 7.40. The average Bonchev–Trinajstić information content (AvgIpc) is 2.71. The summed E-state index contributed by atoms with van der Waals surface area (Å²) in [4.78, 5) is 26.2. The quantitative estimate of drug-likeness (QED) is 0.429. The Morgan fingerprint density at radius 1 is 1.28 bits per heavy atom. The third kappa shape index (κ3) is 3.95. The van der Waals surface area contributed by atoms with Gasteiger partial charge in [0.2, 0.25) is 5.69 Å². The molecule has 0 bridgehead atoms. The molecule has 0 fully saturated rings. The van der Waals surface area contributed by atoms with Crippen molar-refractivity contribution < 1.29 is 35.9 Å². The molecule has 0 aromatic carbocycles. The van der Waals surface area contributed by atoms with E-state index in [0.717, 1.165) is 12.3 Å². The number of nitrogens with zero attached hydrogens (tertiary/aromatic N) is 4. The summed E-state index contributed by atoms with van der Waals surface area (Å²) in [6.07, 6.45) is -8.62. The third-order valence-electron chi connectivity index (χ3n) is 4.72. The van der Waals surface area contributed by atoms with Gasteiger partial charge in [-0.25, -0.2) is 14.2 Å². The fourth-order valence-electron chi connectivity index (χ4n) is 3.05. The summed E-state index contributed by atoms with van der Waals surface area (Å²) in [5, 5.41) is 0. The summed E-state index contributed by atoms with van der Waals surface area (Å²) in [5.41, 5.74) is 0.756. The minimum absolute atomic E-state index is 0.0768. The number of ether oxygens (including phenoxy) is 1. The van der Waals surface area contributed by atoms with Gasteiger partial charge in [-0.05, 0) is 25.1 Å². The van der Waals surface area contributed by atoms with E-state index in [-0.39, 0.29) is 17.1 Å². The van der Waals surface area contributed by atoms with Crippen molar-refractivity contribution in [2.75, 3.05) is 0 Å². The Hall–Kier alpha value is -3.69. The molecule has 0 spiro atoms. The zero-order chi connectivity index (χ0) is 23.9. The Balaban J connectivity index is 2.01. The number of carbonyl (C=O) groups is 1. The molecular weight excluding hydrogens is 444 g/mol. The van der Waals surface area contributed by atoms with Crippen LogP contribution in [0.4, 0.5) is 32.0 Å². The van der Waals surface area contributed by atoms with Crippen molar-refractivity contribution in [1.29, 1.82) is 0 Å². The number of hydrogen-bond donors (Lipinski definition) is 1. The maximum atomic E-state index is 14.9. The molecule has 2 aromatic heterocycles. The molecule has 1 aliphatic heterocycles. The summed E-state index contributed by atoms with van der Waals surface area (Å²) in [6, 6.07) is 3.07. The van der Waals surface area contributed by atoms with E-state index in [1.165, 1.54) is 12.1 Å². The number of aromatic nitrogens is 2. The molecule has 168 valence electrons. The number of amidine groups is 1. The van der Waals surface area contributed by atoms with Crippen LogP contribution >= 0.6 is 0 Å². The monoisotopic (exact) mass is 457 g/mol. The molecule has 0 amide bonds. The first-order chi connectivity index (χ1) is 14.8. The molecule has 0 unspecified atom stereocenters. The zero-order valence-corrected chi connectivity index (χ0v) is 16.1. The number of carbonyl (C=O) groups excluding carboxylic acids is 1. The topological polar surface area (TPSA) is 94.8 Å². The molecule has 32 heavy (non-hydrogen) atoms. The van der Waals surface area contributed by atoms with Crippen molar-refractivity contribution in [2.45, 2.75) is 37.1 Å². The number of aliphatic imine (C=N–C) groups is 1. The number of alkyl halides is 5. The lowest BCUT2D eigenvalue weighted by atomic mass is 9.84. The average molecular weight is 457 g/mol. The highest BCUT2D eigenvalue weighted by atomic mass is 19.4. The first-order valence-corrected chi connectivity index (χ1v) is 8.78. The molecule has 2 aromatic rings. The molecule has 3 heterocycles. The minimum Gasteiger partial charge on any atom is -0.446 e. The van der Waals surface area contributed by atoms with Gasteiger partial charge in [0.15, 0.2) is 11.3 Å². The van der Waals surface area contributed by atoms with Gasteiger partial charge in [-0.2, -0.15) is 22.0 Å². The van der Waals surface area contributed by atoms with E-state index >= 15 is 0 Å². The van der Waals surface area contributed by atoms with Gasteiger partial charge in [0.25, 0.3) is 12.1 Å². The molecule has 0 saturated heterocycles. The maximum absolute atomic E-state index is 14.9. The standard InChI is InChI=1S/C19H13F6N5O2/c1-17(18(21,22)15(19(23,24)25)32-16(26)30-17)14-11(20)5-3-9(29-14)7-13(31)12-6-4-10(27-2)8-28-12/h3-6,8,15H,7H2,1H3,(H2,26,30)/t15-,17+/m0/s1. The molecule has 0 aliphatic carbocycles. The zero-order valence-electron chi connectivity index (χ0n) is 16.1. The molecule has 2 atom stereocenters.